The Morgan fingerprint density at radius 2 is 1.89 bits per heavy atom. The number of hydrogen-bond acceptors (Lipinski definition) is 10. The third-order valence-corrected chi connectivity index (χ3v) is 8.82. The van der Waals surface area contributed by atoms with Gasteiger partial charge in [0.05, 0.1) is 22.1 Å². The van der Waals surface area contributed by atoms with Crippen molar-refractivity contribution < 1.29 is 23.1 Å². The number of thioether (sulfide) groups is 1. The Hall–Kier alpha value is -3.00. The van der Waals surface area contributed by atoms with Crippen LogP contribution in [0.15, 0.2) is 46.2 Å². The van der Waals surface area contributed by atoms with Crippen LogP contribution in [0.25, 0.3) is 6.08 Å². The van der Waals surface area contributed by atoms with E-state index in [0.717, 1.165) is 11.8 Å². The van der Waals surface area contributed by atoms with E-state index < -0.39 is 21.2 Å². The van der Waals surface area contributed by atoms with Gasteiger partial charge >= 0.3 is 0 Å². The van der Waals surface area contributed by atoms with Crippen molar-refractivity contribution in [1.29, 1.82) is 0 Å². The van der Waals surface area contributed by atoms with Gasteiger partial charge in [-0.25, -0.2) is 13.4 Å². The number of rotatable bonds is 7. The van der Waals surface area contributed by atoms with Gasteiger partial charge in [0.1, 0.15) is 5.82 Å². The highest BCUT2D eigenvalue weighted by Gasteiger charge is 2.56. The van der Waals surface area contributed by atoms with Crippen molar-refractivity contribution in [2.45, 2.75) is 4.90 Å². The highest BCUT2D eigenvalue weighted by atomic mass is 32.2. The Balaban J connectivity index is 1.33. The maximum Gasteiger partial charge on any atom is 0.290 e. The number of benzene rings is 1. The van der Waals surface area contributed by atoms with Crippen LogP contribution < -0.4 is 15.1 Å². The lowest BCUT2D eigenvalue weighted by Gasteiger charge is -2.59. The number of aromatic nitrogens is 2. The normalized spacial score (nSPS) is 20.6. The molecular formula is C22H24N6O5S2. The fraction of sp³-hybridized carbons (Fsp3) is 0.364. The van der Waals surface area contributed by atoms with Gasteiger partial charge in [-0.2, -0.15) is 9.29 Å². The van der Waals surface area contributed by atoms with Gasteiger partial charge in [0.25, 0.3) is 11.1 Å². The molecule has 2 aromatic rings. The van der Waals surface area contributed by atoms with Crippen LogP contribution in [0.5, 0.6) is 0 Å². The molecule has 35 heavy (non-hydrogen) atoms. The fourth-order valence-corrected chi connectivity index (χ4v) is 6.74. The van der Waals surface area contributed by atoms with E-state index in [4.69, 9.17) is 0 Å². The van der Waals surface area contributed by atoms with E-state index in [2.05, 4.69) is 15.3 Å². The molecule has 0 unspecified atom stereocenters. The molecule has 2 amide bonds. The number of anilines is 2. The minimum atomic E-state index is -3.51. The van der Waals surface area contributed by atoms with Gasteiger partial charge in [-0.3, -0.25) is 14.9 Å². The molecule has 0 saturated carbocycles. The first-order valence-corrected chi connectivity index (χ1v) is 13.2. The molecule has 11 nitrogen and oxygen atoms in total. The maximum absolute atomic E-state index is 12.8. The molecular weight excluding hydrogens is 492 g/mol. The van der Waals surface area contributed by atoms with Crippen LogP contribution >= 0.6 is 11.8 Å². The van der Waals surface area contributed by atoms with Crippen molar-refractivity contribution in [2.75, 3.05) is 56.2 Å². The molecule has 0 atom stereocenters. The SMILES string of the molecule is CN(CCO)c1cc(C=C2SC(=O)NC2=O)nc(N2CC3(C2)CN(S(=O)(=O)c2ccccc2)C3)n1. The molecule has 13 heteroatoms. The van der Waals surface area contributed by atoms with Gasteiger partial charge in [-0.05, 0) is 30.0 Å². The number of likely N-dealkylation sites (N-methyl/N-ethyl adjacent to an activating group) is 1. The van der Waals surface area contributed by atoms with Crippen molar-refractivity contribution in [3.8, 4) is 0 Å². The zero-order valence-electron chi connectivity index (χ0n) is 18.9. The van der Waals surface area contributed by atoms with Crippen LogP contribution in [0, 0.1) is 5.41 Å². The predicted octanol–water partition coefficient (Wildman–Crippen LogP) is 0.740. The summed E-state index contributed by atoms with van der Waals surface area (Å²) in [5.41, 5.74) is 0.315. The van der Waals surface area contributed by atoms with Crippen LogP contribution in [0.2, 0.25) is 0 Å². The summed E-state index contributed by atoms with van der Waals surface area (Å²) in [5, 5.41) is 11.1. The first-order chi connectivity index (χ1) is 16.7. The standard InChI is InChI=1S/C22H24N6O5S2/c1-26(7-8-29)18-10-15(9-17-19(30)25-21(31)34-17)23-20(24-18)27-11-22(12-27)13-28(14-22)35(32,33)16-5-3-2-4-6-16/h2-6,9-10,29H,7-8,11-14H2,1H3,(H,25,30,31). The number of aliphatic hydroxyl groups is 1. The van der Waals surface area contributed by atoms with Crippen LogP contribution in [0.3, 0.4) is 0 Å². The fourth-order valence-electron chi connectivity index (χ4n) is 4.39. The van der Waals surface area contributed by atoms with Gasteiger partial charge < -0.3 is 14.9 Å². The first-order valence-electron chi connectivity index (χ1n) is 11.0. The summed E-state index contributed by atoms with van der Waals surface area (Å²) < 4.78 is 27.2. The zero-order chi connectivity index (χ0) is 24.8. The summed E-state index contributed by atoms with van der Waals surface area (Å²) in [6, 6.07) is 10.1. The molecule has 3 aliphatic heterocycles. The van der Waals surface area contributed by atoms with Crippen LogP contribution in [-0.2, 0) is 14.8 Å². The quantitative estimate of drug-likeness (QED) is 0.507. The minimum Gasteiger partial charge on any atom is -0.395 e. The summed E-state index contributed by atoms with van der Waals surface area (Å²) in [6.07, 6.45) is 1.54. The minimum absolute atomic E-state index is 0.0580. The molecule has 3 aliphatic rings. The van der Waals surface area contributed by atoms with Crippen molar-refractivity contribution >= 4 is 50.8 Å². The van der Waals surface area contributed by atoms with Crippen molar-refractivity contribution in [3.63, 3.8) is 0 Å². The molecule has 0 bridgehead atoms. The van der Waals surface area contributed by atoms with E-state index in [1.807, 2.05) is 4.90 Å². The highest BCUT2D eigenvalue weighted by molar-refractivity contribution is 8.18. The largest absolute Gasteiger partial charge is 0.395 e. The lowest BCUT2D eigenvalue weighted by Crippen LogP contribution is -2.73. The summed E-state index contributed by atoms with van der Waals surface area (Å²) in [7, 11) is -1.72. The second kappa shape index (κ2) is 8.90. The van der Waals surface area contributed by atoms with Gasteiger partial charge in [-0.15, -0.1) is 0 Å². The van der Waals surface area contributed by atoms with E-state index in [1.54, 1.807) is 54.4 Å². The predicted molar refractivity (Wildman–Crippen MR) is 131 cm³/mol. The molecule has 1 aromatic carbocycles. The Morgan fingerprint density at radius 3 is 2.51 bits per heavy atom. The lowest BCUT2D eigenvalue weighted by molar-refractivity contribution is -0.115. The number of sulfonamides is 1. The molecule has 4 heterocycles. The van der Waals surface area contributed by atoms with Gasteiger partial charge in [0.2, 0.25) is 16.0 Å². The van der Waals surface area contributed by atoms with E-state index in [-0.39, 0.29) is 16.9 Å². The average molecular weight is 517 g/mol. The molecule has 5 rings (SSSR count). The number of nitrogens with zero attached hydrogens (tertiary/aromatic N) is 5. The van der Waals surface area contributed by atoms with Gasteiger partial charge in [0, 0.05) is 51.3 Å². The molecule has 1 aromatic heterocycles. The molecule has 0 aliphatic carbocycles. The molecule has 184 valence electrons. The number of carbonyl (C=O) groups excluding carboxylic acids is 2. The highest BCUT2D eigenvalue weighted by Crippen LogP contribution is 2.43. The lowest BCUT2D eigenvalue weighted by atomic mass is 9.74. The van der Waals surface area contributed by atoms with Crippen molar-refractivity contribution in [1.82, 2.24) is 19.6 Å². The van der Waals surface area contributed by atoms with E-state index in [1.165, 1.54) is 4.31 Å². The van der Waals surface area contributed by atoms with Crippen LogP contribution in [-0.4, -0.2) is 85.3 Å². The molecule has 0 radical (unpaired) electrons. The first kappa shape index (κ1) is 23.7. The zero-order valence-corrected chi connectivity index (χ0v) is 20.5. The van der Waals surface area contributed by atoms with Crippen molar-refractivity contribution in [2.24, 2.45) is 5.41 Å². The molecule has 3 saturated heterocycles. The topological polar surface area (TPSA) is 136 Å². The van der Waals surface area contributed by atoms with Crippen molar-refractivity contribution in [3.05, 3.63) is 47.0 Å². The Labute approximate surface area is 206 Å². The van der Waals surface area contributed by atoms with E-state index >= 15 is 0 Å². The average Bonchev–Trinajstić information content (AvgIpc) is 3.08. The summed E-state index contributed by atoms with van der Waals surface area (Å²) in [6.45, 7) is 2.37. The molecule has 1 spiro atoms. The number of hydrogen-bond donors (Lipinski definition) is 2. The Bertz CT molecular complexity index is 1300. The number of nitrogens with one attached hydrogen (secondary N) is 1. The van der Waals surface area contributed by atoms with Gasteiger partial charge in [-0.1, -0.05) is 18.2 Å². The Morgan fingerprint density at radius 1 is 1.17 bits per heavy atom. The van der Waals surface area contributed by atoms with E-state index in [0.29, 0.717) is 55.1 Å². The monoisotopic (exact) mass is 516 g/mol. The second-order valence-corrected chi connectivity index (χ2v) is 11.8. The maximum atomic E-state index is 12.8. The third-order valence-electron chi connectivity index (χ3n) is 6.21. The van der Waals surface area contributed by atoms with Crippen LogP contribution in [0.1, 0.15) is 5.69 Å². The number of imide groups is 1. The third kappa shape index (κ3) is 4.51. The smallest absolute Gasteiger partial charge is 0.290 e. The molecule has 3 fully saturated rings. The number of aliphatic hydroxyl groups excluding tert-OH is 1. The van der Waals surface area contributed by atoms with E-state index in [9.17, 15) is 23.1 Å². The summed E-state index contributed by atoms with van der Waals surface area (Å²) in [4.78, 5) is 36.9. The Kier molecular flexibility index (Phi) is 6.03. The molecule has 2 N–H and O–H groups in total. The number of carbonyl (C=O) groups is 2. The second-order valence-electron chi connectivity index (χ2n) is 8.89. The van der Waals surface area contributed by atoms with Gasteiger partial charge in [0.15, 0.2) is 0 Å². The number of amides is 2. The summed E-state index contributed by atoms with van der Waals surface area (Å²) >= 11 is 0.812. The summed E-state index contributed by atoms with van der Waals surface area (Å²) in [5.74, 6) is 0.542. The van der Waals surface area contributed by atoms with Crippen LogP contribution in [0.4, 0.5) is 16.6 Å².